The van der Waals surface area contributed by atoms with Crippen molar-refractivity contribution in [3.63, 3.8) is 0 Å². The largest absolute Gasteiger partial charge is 0.472 e. The van der Waals surface area contributed by atoms with Crippen molar-refractivity contribution >= 4 is 13.8 Å². The predicted molar refractivity (Wildman–Crippen MR) is 248 cm³/mol. The van der Waals surface area contributed by atoms with Crippen molar-refractivity contribution < 1.29 is 58.3 Å². The molecule has 1 saturated carbocycles. The zero-order valence-corrected chi connectivity index (χ0v) is 39.3. The van der Waals surface area contributed by atoms with Crippen LogP contribution in [0.2, 0.25) is 0 Å². The van der Waals surface area contributed by atoms with Gasteiger partial charge in [0.05, 0.1) is 13.2 Å². The highest BCUT2D eigenvalue weighted by atomic mass is 31.2. The Labute approximate surface area is 375 Å². The standard InChI is InChI=1S/C49H87O12P/c1-3-5-7-9-11-13-15-17-19-21-23-25-27-29-31-33-35-37-39-58-40-42(41-59-62(56,57)61-49-47(54)45(52)44(51)46(53)48(49)55)60-43(50)38-36-34-32-30-28-26-24-22-20-18-16-14-12-10-8-6-4-2/h6,8,11-14,17-20,42,44-49,51-55H,3-5,7,9-10,15-16,21-41H2,1-2H3,(H,56,57)/b8-6-,13-11-,14-12-,19-17-,20-18-. The molecule has 0 spiro atoms. The number of unbranched alkanes of at least 4 members (excludes halogenated alkanes) is 18. The molecule has 0 bridgehead atoms. The van der Waals surface area contributed by atoms with Crippen molar-refractivity contribution in [3.8, 4) is 0 Å². The van der Waals surface area contributed by atoms with Crippen molar-refractivity contribution in [1.82, 2.24) is 0 Å². The summed E-state index contributed by atoms with van der Waals surface area (Å²) in [5.74, 6) is -0.491. The average Bonchev–Trinajstić information content (AvgIpc) is 3.26. The lowest BCUT2D eigenvalue weighted by atomic mass is 9.85. The summed E-state index contributed by atoms with van der Waals surface area (Å²) < 4.78 is 34.2. The van der Waals surface area contributed by atoms with E-state index in [9.17, 15) is 39.8 Å². The molecule has 1 fully saturated rings. The molecule has 1 rings (SSSR count). The Morgan fingerprint density at radius 2 is 0.952 bits per heavy atom. The first-order valence-electron chi connectivity index (χ1n) is 24.1. The summed E-state index contributed by atoms with van der Waals surface area (Å²) in [4.78, 5) is 23.2. The minimum Gasteiger partial charge on any atom is -0.457 e. The van der Waals surface area contributed by atoms with Gasteiger partial charge in [0.15, 0.2) is 0 Å². The van der Waals surface area contributed by atoms with Gasteiger partial charge in [0.1, 0.15) is 42.7 Å². The number of rotatable bonds is 40. The zero-order chi connectivity index (χ0) is 45.5. The van der Waals surface area contributed by atoms with Crippen LogP contribution in [-0.2, 0) is 27.9 Å². The number of allylic oxidation sites excluding steroid dienone is 10. The fourth-order valence-electron chi connectivity index (χ4n) is 7.05. The summed E-state index contributed by atoms with van der Waals surface area (Å²) in [6.07, 6.45) is 37.1. The summed E-state index contributed by atoms with van der Waals surface area (Å²) in [6, 6.07) is 0. The first-order chi connectivity index (χ1) is 30.0. The lowest BCUT2D eigenvalue weighted by Gasteiger charge is -2.41. The van der Waals surface area contributed by atoms with Gasteiger partial charge in [-0.2, -0.15) is 0 Å². The van der Waals surface area contributed by atoms with E-state index in [0.717, 1.165) is 96.3 Å². The fourth-order valence-corrected chi connectivity index (χ4v) is 8.02. The van der Waals surface area contributed by atoms with Crippen LogP contribution < -0.4 is 0 Å². The number of carbonyl (C=O) groups excluding carboxylic acids is 1. The average molecular weight is 899 g/mol. The molecule has 0 amide bonds. The van der Waals surface area contributed by atoms with Crippen molar-refractivity contribution in [2.24, 2.45) is 0 Å². The van der Waals surface area contributed by atoms with Crippen LogP contribution in [0.15, 0.2) is 60.8 Å². The molecule has 6 N–H and O–H groups in total. The van der Waals surface area contributed by atoms with Crippen LogP contribution in [0.4, 0.5) is 0 Å². The number of aliphatic hydroxyl groups excluding tert-OH is 5. The highest BCUT2D eigenvalue weighted by Crippen LogP contribution is 2.47. The van der Waals surface area contributed by atoms with E-state index < -0.39 is 63.1 Å². The van der Waals surface area contributed by atoms with E-state index in [1.165, 1.54) is 57.8 Å². The van der Waals surface area contributed by atoms with E-state index in [0.29, 0.717) is 13.0 Å². The minimum absolute atomic E-state index is 0.0870. The number of ether oxygens (including phenoxy) is 2. The molecule has 0 radical (unpaired) electrons. The fraction of sp³-hybridized carbons (Fsp3) is 0.776. The lowest BCUT2D eigenvalue weighted by molar-refractivity contribution is -0.220. The van der Waals surface area contributed by atoms with Gasteiger partial charge in [0.2, 0.25) is 0 Å². The third kappa shape index (κ3) is 31.0. The molecule has 0 aromatic heterocycles. The Kier molecular flexibility index (Phi) is 36.9. The maximum atomic E-state index is 12.8. The van der Waals surface area contributed by atoms with Crippen molar-refractivity contribution in [2.75, 3.05) is 19.8 Å². The van der Waals surface area contributed by atoms with E-state index in [-0.39, 0.29) is 13.0 Å². The summed E-state index contributed by atoms with van der Waals surface area (Å²) in [5, 5.41) is 50.2. The maximum absolute atomic E-state index is 12.8. The molecule has 0 saturated heterocycles. The van der Waals surface area contributed by atoms with Crippen LogP contribution in [0.25, 0.3) is 0 Å². The summed E-state index contributed by atoms with van der Waals surface area (Å²) in [6.45, 7) is 4.10. The van der Waals surface area contributed by atoms with Gasteiger partial charge in [-0.05, 0) is 77.0 Å². The monoisotopic (exact) mass is 899 g/mol. The maximum Gasteiger partial charge on any atom is 0.472 e. The van der Waals surface area contributed by atoms with Gasteiger partial charge in [-0.1, -0.05) is 158 Å². The number of hydrogen-bond donors (Lipinski definition) is 6. The van der Waals surface area contributed by atoms with Gasteiger partial charge in [0.25, 0.3) is 0 Å². The summed E-state index contributed by atoms with van der Waals surface area (Å²) in [5.41, 5.74) is 0. The minimum atomic E-state index is -5.03. The molecule has 0 aliphatic heterocycles. The van der Waals surface area contributed by atoms with Crippen LogP contribution in [0.1, 0.15) is 181 Å². The van der Waals surface area contributed by atoms with Crippen molar-refractivity contribution in [1.29, 1.82) is 0 Å². The molecule has 0 aromatic carbocycles. The second-order valence-electron chi connectivity index (χ2n) is 16.6. The van der Waals surface area contributed by atoms with Crippen LogP contribution in [0.5, 0.6) is 0 Å². The molecular formula is C49H87O12P. The van der Waals surface area contributed by atoms with E-state index in [2.05, 4.69) is 74.6 Å². The Hall–Kier alpha value is -1.96. The number of phosphoric ester groups is 1. The van der Waals surface area contributed by atoms with E-state index in [1.54, 1.807) is 0 Å². The highest BCUT2D eigenvalue weighted by molar-refractivity contribution is 7.47. The molecule has 6 atom stereocenters. The van der Waals surface area contributed by atoms with Gasteiger partial charge in [-0.15, -0.1) is 0 Å². The highest BCUT2D eigenvalue weighted by Gasteiger charge is 2.51. The van der Waals surface area contributed by atoms with Crippen LogP contribution in [-0.4, -0.2) is 98.9 Å². The van der Waals surface area contributed by atoms with Gasteiger partial charge in [0, 0.05) is 13.0 Å². The summed E-state index contributed by atoms with van der Waals surface area (Å²) in [7, 11) is -5.03. The van der Waals surface area contributed by atoms with Gasteiger partial charge in [-0.3, -0.25) is 13.8 Å². The normalized spacial score (nSPS) is 22.5. The second-order valence-corrected chi connectivity index (χ2v) is 18.0. The number of hydrogen-bond acceptors (Lipinski definition) is 11. The first-order valence-corrected chi connectivity index (χ1v) is 25.6. The molecule has 0 heterocycles. The van der Waals surface area contributed by atoms with E-state index in [1.807, 2.05) is 0 Å². The smallest absolute Gasteiger partial charge is 0.457 e. The van der Waals surface area contributed by atoms with Gasteiger partial charge >= 0.3 is 13.8 Å². The molecule has 12 nitrogen and oxygen atoms in total. The van der Waals surface area contributed by atoms with Crippen LogP contribution in [0.3, 0.4) is 0 Å². The quantitative estimate of drug-likeness (QED) is 0.0148. The SMILES string of the molecule is CC/C=C\C/C=C\C/C=C\CCCCCCCCCC(=O)OC(COCCCCCCCCCC/C=C\C/C=C\CCCCC)COP(=O)(O)OC1C(O)C(O)C(O)C(O)C1O. The van der Waals surface area contributed by atoms with Gasteiger partial charge in [-0.25, -0.2) is 4.57 Å². The van der Waals surface area contributed by atoms with E-state index in [4.69, 9.17) is 18.5 Å². The zero-order valence-electron chi connectivity index (χ0n) is 38.4. The second kappa shape index (κ2) is 39.4. The van der Waals surface area contributed by atoms with Crippen molar-refractivity contribution in [3.05, 3.63) is 60.8 Å². The number of esters is 1. The Morgan fingerprint density at radius 3 is 1.45 bits per heavy atom. The molecule has 62 heavy (non-hydrogen) atoms. The van der Waals surface area contributed by atoms with Crippen molar-refractivity contribution in [2.45, 2.75) is 224 Å². The van der Waals surface area contributed by atoms with Gasteiger partial charge < -0.3 is 39.9 Å². The molecule has 1 aliphatic rings. The topological polar surface area (TPSA) is 192 Å². The predicted octanol–water partition coefficient (Wildman–Crippen LogP) is 10.2. The van der Waals surface area contributed by atoms with Crippen LogP contribution >= 0.6 is 7.82 Å². The molecule has 13 heteroatoms. The summed E-state index contributed by atoms with van der Waals surface area (Å²) >= 11 is 0. The molecule has 1 aliphatic carbocycles. The molecule has 360 valence electrons. The lowest BCUT2D eigenvalue weighted by Crippen LogP contribution is -2.64. The number of carbonyl (C=O) groups is 1. The Morgan fingerprint density at radius 1 is 0.532 bits per heavy atom. The number of phosphoric acid groups is 1. The third-order valence-corrected chi connectivity index (χ3v) is 11.9. The molecule has 0 aromatic rings. The Bertz CT molecular complexity index is 1250. The first kappa shape index (κ1) is 58.1. The van der Waals surface area contributed by atoms with Crippen LogP contribution in [0, 0.1) is 0 Å². The number of aliphatic hydroxyl groups is 5. The Balaban J connectivity index is 2.39. The third-order valence-electron chi connectivity index (χ3n) is 10.9. The van der Waals surface area contributed by atoms with E-state index >= 15 is 0 Å². The molecule has 6 unspecified atom stereocenters. The molecular weight excluding hydrogens is 812 g/mol.